The maximum atomic E-state index is 13.2. The zero-order valence-corrected chi connectivity index (χ0v) is 15.0. The van der Waals surface area contributed by atoms with Gasteiger partial charge >= 0.3 is 0 Å². The van der Waals surface area contributed by atoms with Crippen molar-refractivity contribution < 1.29 is 4.79 Å². The Morgan fingerprint density at radius 3 is 2.76 bits per heavy atom. The lowest BCUT2D eigenvalue weighted by atomic mass is 9.95. The molecule has 1 saturated heterocycles. The van der Waals surface area contributed by atoms with Gasteiger partial charge in [-0.25, -0.2) is 4.98 Å². The molecule has 3 rings (SSSR count). The number of hydrogen-bond acceptors (Lipinski definition) is 4. The maximum Gasteiger partial charge on any atom is 0.228 e. The fourth-order valence-electron chi connectivity index (χ4n) is 3.37. The van der Waals surface area contributed by atoms with Crippen LogP contribution < -0.4 is 4.90 Å². The average molecular weight is 338 g/mol. The molecule has 132 valence electrons. The number of carbonyl (C=O) groups is 1. The van der Waals surface area contributed by atoms with Crippen molar-refractivity contribution in [1.82, 2.24) is 14.9 Å². The summed E-state index contributed by atoms with van der Waals surface area (Å²) in [5.41, 5.74) is 1.17. The fourth-order valence-corrected chi connectivity index (χ4v) is 3.37. The number of piperidine rings is 1. The minimum Gasteiger partial charge on any atom is -0.355 e. The Morgan fingerprint density at radius 1 is 1.28 bits per heavy atom. The van der Waals surface area contributed by atoms with Crippen LogP contribution in [0.5, 0.6) is 0 Å². The van der Waals surface area contributed by atoms with Crippen LogP contribution in [0.15, 0.2) is 48.9 Å². The minimum absolute atomic E-state index is 0.0156. The maximum absolute atomic E-state index is 13.2. The number of hydrogen-bond donors (Lipinski definition) is 0. The van der Waals surface area contributed by atoms with Gasteiger partial charge in [-0.2, -0.15) is 0 Å². The van der Waals surface area contributed by atoms with Crippen molar-refractivity contribution in [2.24, 2.45) is 5.92 Å². The van der Waals surface area contributed by atoms with Crippen molar-refractivity contribution in [3.8, 4) is 0 Å². The number of aromatic nitrogens is 2. The summed E-state index contributed by atoms with van der Waals surface area (Å²) in [6, 6.07) is 10.4. The second-order valence-electron chi connectivity index (χ2n) is 6.89. The van der Waals surface area contributed by atoms with Crippen LogP contribution in [0.4, 0.5) is 5.82 Å². The lowest BCUT2D eigenvalue weighted by Gasteiger charge is -2.37. The van der Waals surface area contributed by atoms with E-state index in [1.165, 1.54) is 5.56 Å². The standard InChI is InChI=1S/C20H26N4O/c1-16(2)24(14-17-7-4-3-5-8-17)20(25)18-9-6-12-23(15-18)19-13-21-10-11-22-19/h3-5,7-8,10-11,13,16,18H,6,9,12,14-15H2,1-2H3/t18-/m1/s1. The molecule has 1 aromatic heterocycles. The van der Waals surface area contributed by atoms with Crippen LogP contribution in [-0.4, -0.2) is 39.9 Å². The molecule has 0 spiro atoms. The Morgan fingerprint density at radius 2 is 2.08 bits per heavy atom. The van der Waals surface area contributed by atoms with Crippen LogP contribution in [0.3, 0.4) is 0 Å². The molecule has 5 nitrogen and oxygen atoms in total. The molecule has 1 fully saturated rings. The van der Waals surface area contributed by atoms with E-state index in [0.717, 1.165) is 31.7 Å². The Kier molecular flexibility index (Phi) is 5.64. The molecule has 1 aliphatic rings. The lowest BCUT2D eigenvalue weighted by Crippen LogP contribution is -2.47. The predicted octanol–water partition coefficient (Wildman–Crippen LogP) is 3.13. The highest BCUT2D eigenvalue weighted by Gasteiger charge is 2.31. The molecule has 0 saturated carbocycles. The van der Waals surface area contributed by atoms with E-state index >= 15 is 0 Å². The number of carbonyl (C=O) groups excluding carboxylic acids is 1. The van der Waals surface area contributed by atoms with Crippen molar-refractivity contribution in [2.45, 2.75) is 39.3 Å². The first-order chi connectivity index (χ1) is 12.1. The largest absolute Gasteiger partial charge is 0.355 e. The summed E-state index contributed by atoms with van der Waals surface area (Å²) in [7, 11) is 0. The van der Waals surface area contributed by atoms with Gasteiger partial charge in [-0.15, -0.1) is 0 Å². The number of amides is 1. The molecular formula is C20H26N4O. The second-order valence-corrected chi connectivity index (χ2v) is 6.89. The molecule has 0 radical (unpaired) electrons. The van der Waals surface area contributed by atoms with Gasteiger partial charge in [-0.3, -0.25) is 9.78 Å². The third-order valence-corrected chi connectivity index (χ3v) is 4.75. The van der Waals surface area contributed by atoms with Gasteiger partial charge in [0.25, 0.3) is 0 Å². The number of benzene rings is 1. The highest BCUT2D eigenvalue weighted by molar-refractivity contribution is 5.80. The van der Waals surface area contributed by atoms with Gasteiger partial charge in [0.2, 0.25) is 5.91 Å². The highest BCUT2D eigenvalue weighted by Crippen LogP contribution is 2.24. The summed E-state index contributed by atoms with van der Waals surface area (Å²) in [4.78, 5) is 25.9. The Labute approximate surface area is 149 Å². The predicted molar refractivity (Wildman–Crippen MR) is 99.1 cm³/mol. The summed E-state index contributed by atoms with van der Waals surface area (Å²) >= 11 is 0. The van der Waals surface area contributed by atoms with Gasteiger partial charge < -0.3 is 9.80 Å². The average Bonchev–Trinajstić information content (AvgIpc) is 2.67. The molecule has 0 unspecified atom stereocenters. The fraction of sp³-hybridized carbons (Fsp3) is 0.450. The van der Waals surface area contributed by atoms with Crippen LogP contribution in [0.2, 0.25) is 0 Å². The van der Waals surface area contributed by atoms with E-state index in [1.807, 2.05) is 23.1 Å². The van der Waals surface area contributed by atoms with Crippen molar-refractivity contribution in [2.75, 3.05) is 18.0 Å². The van der Waals surface area contributed by atoms with Crippen LogP contribution in [0.1, 0.15) is 32.3 Å². The van der Waals surface area contributed by atoms with Crippen LogP contribution in [0.25, 0.3) is 0 Å². The highest BCUT2D eigenvalue weighted by atomic mass is 16.2. The summed E-state index contributed by atoms with van der Waals surface area (Å²) in [6.45, 7) is 6.49. The van der Waals surface area contributed by atoms with Crippen molar-refractivity contribution in [3.05, 3.63) is 54.5 Å². The van der Waals surface area contributed by atoms with Gasteiger partial charge in [0, 0.05) is 38.1 Å². The minimum atomic E-state index is 0.0156. The molecule has 1 aromatic carbocycles. The molecule has 1 aliphatic heterocycles. The SMILES string of the molecule is CC(C)N(Cc1ccccc1)C(=O)[C@@H]1CCCN(c2cnccn2)C1. The second kappa shape index (κ2) is 8.10. The molecule has 2 aromatic rings. The summed E-state index contributed by atoms with van der Waals surface area (Å²) in [6.07, 6.45) is 7.10. The van der Waals surface area contributed by atoms with Gasteiger partial charge in [-0.1, -0.05) is 30.3 Å². The zero-order valence-electron chi connectivity index (χ0n) is 15.0. The van der Waals surface area contributed by atoms with E-state index in [4.69, 9.17) is 0 Å². The van der Waals surface area contributed by atoms with Gasteiger partial charge in [0.1, 0.15) is 5.82 Å². The first kappa shape index (κ1) is 17.4. The van der Waals surface area contributed by atoms with E-state index in [2.05, 4.69) is 40.8 Å². The van der Waals surface area contributed by atoms with E-state index in [0.29, 0.717) is 6.54 Å². The van der Waals surface area contributed by atoms with E-state index in [9.17, 15) is 4.79 Å². The van der Waals surface area contributed by atoms with Crippen LogP contribution in [-0.2, 0) is 11.3 Å². The number of anilines is 1. The van der Waals surface area contributed by atoms with Gasteiger partial charge in [0.05, 0.1) is 12.1 Å². The topological polar surface area (TPSA) is 49.3 Å². The molecule has 0 aliphatic carbocycles. The Hall–Kier alpha value is -2.43. The van der Waals surface area contributed by atoms with Crippen molar-refractivity contribution in [1.29, 1.82) is 0 Å². The van der Waals surface area contributed by atoms with Crippen molar-refractivity contribution >= 4 is 11.7 Å². The number of rotatable bonds is 5. The first-order valence-electron chi connectivity index (χ1n) is 9.00. The third kappa shape index (κ3) is 4.35. The van der Waals surface area contributed by atoms with E-state index in [1.54, 1.807) is 18.6 Å². The van der Waals surface area contributed by atoms with E-state index in [-0.39, 0.29) is 17.9 Å². The monoisotopic (exact) mass is 338 g/mol. The van der Waals surface area contributed by atoms with Crippen LogP contribution >= 0.6 is 0 Å². The quantitative estimate of drug-likeness (QED) is 0.840. The van der Waals surface area contributed by atoms with Gasteiger partial charge in [-0.05, 0) is 32.3 Å². The molecule has 25 heavy (non-hydrogen) atoms. The van der Waals surface area contributed by atoms with Crippen LogP contribution in [0, 0.1) is 5.92 Å². The third-order valence-electron chi connectivity index (χ3n) is 4.75. The molecule has 5 heteroatoms. The molecular weight excluding hydrogens is 312 g/mol. The molecule has 1 amide bonds. The Balaban J connectivity index is 1.71. The van der Waals surface area contributed by atoms with E-state index < -0.39 is 0 Å². The lowest BCUT2D eigenvalue weighted by molar-refractivity contribution is -0.138. The zero-order chi connectivity index (χ0) is 17.6. The number of nitrogens with zero attached hydrogens (tertiary/aromatic N) is 4. The van der Waals surface area contributed by atoms with Gasteiger partial charge in [0.15, 0.2) is 0 Å². The summed E-state index contributed by atoms with van der Waals surface area (Å²) in [5, 5.41) is 0. The molecule has 1 atom stereocenters. The first-order valence-corrected chi connectivity index (χ1v) is 9.00. The molecule has 0 bridgehead atoms. The normalized spacial score (nSPS) is 17.6. The molecule has 2 heterocycles. The van der Waals surface area contributed by atoms with Crippen molar-refractivity contribution in [3.63, 3.8) is 0 Å². The Bertz CT molecular complexity index is 675. The molecule has 0 N–H and O–H groups in total. The summed E-state index contributed by atoms with van der Waals surface area (Å²) in [5.74, 6) is 1.12. The summed E-state index contributed by atoms with van der Waals surface area (Å²) < 4.78 is 0. The smallest absolute Gasteiger partial charge is 0.228 e.